The lowest BCUT2D eigenvalue weighted by Gasteiger charge is -2.35. The number of H-pyrrole nitrogens is 1. The van der Waals surface area contributed by atoms with E-state index in [0.717, 1.165) is 62.3 Å². The van der Waals surface area contributed by atoms with E-state index in [4.69, 9.17) is 0 Å². The number of nitrogens with one attached hydrogen (secondary N) is 1. The van der Waals surface area contributed by atoms with Crippen LogP contribution in [0.4, 0.5) is 0 Å². The summed E-state index contributed by atoms with van der Waals surface area (Å²) in [5.74, 6) is 0.498. The Kier molecular flexibility index (Phi) is 7.55. The van der Waals surface area contributed by atoms with E-state index < -0.39 is 0 Å². The number of aryl methyl sites for hydroxylation is 2. The fraction of sp³-hybridized carbons (Fsp3) is 0.444. The van der Waals surface area contributed by atoms with Crippen molar-refractivity contribution >= 4 is 5.91 Å². The third-order valence-electron chi connectivity index (χ3n) is 6.89. The molecule has 3 heterocycles. The molecule has 0 spiro atoms. The summed E-state index contributed by atoms with van der Waals surface area (Å²) in [6, 6.07) is 12.6. The van der Waals surface area contributed by atoms with E-state index in [1.165, 1.54) is 11.1 Å². The first-order chi connectivity index (χ1) is 16.0. The molecular weight excluding hydrogens is 410 g/mol. The van der Waals surface area contributed by atoms with E-state index in [9.17, 15) is 4.79 Å². The highest BCUT2D eigenvalue weighted by Crippen LogP contribution is 2.23. The predicted octanol–water partition coefficient (Wildman–Crippen LogP) is 4.54. The second-order valence-corrected chi connectivity index (χ2v) is 9.22. The number of aromatic amines is 1. The molecule has 1 aromatic carbocycles. The highest BCUT2D eigenvalue weighted by Gasteiger charge is 2.27. The molecule has 0 unspecified atom stereocenters. The highest BCUT2D eigenvalue weighted by atomic mass is 16.2. The van der Waals surface area contributed by atoms with Crippen molar-refractivity contribution < 1.29 is 4.79 Å². The van der Waals surface area contributed by atoms with Gasteiger partial charge in [0.25, 0.3) is 5.91 Å². The number of carbonyl (C=O) groups excluding carboxylic acids is 1. The molecule has 0 aliphatic carbocycles. The van der Waals surface area contributed by atoms with Crippen molar-refractivity contribution in [2.45, 2.75) is 53.1 Å². The van der Waals surface area contributed by atoms with Crippen LogP contribution in [0.5, 0.6) is 0 Å². The molecule has 0 bridgehead atoms. The maximum absolute atomic E-state index is 13.5. The fourth-order valence-electron chi connectivity index (χ4n) is 4.73. The molecule has 0 atom stereocenters. The molecule has 0 radical (unpaired) electrons. The number of hydrogen-bond acceptors (Lipinski definition) is 4. The van der Waals surface area contributed by atoms with Gasteiger partial charge in [0, 0.05) is 43.3 Å². The summed E-state index contributed by atoms with van der Waals surface area (Å²) in [5, 5.41) is 7.41. The SMILES string of the molecule is CCc1[nH]nc(C(=O)N(Cc2cccnc2)CC2CCN(Cc3ccccc3C)CC2)c1C. The van der Waals surface area contributed by atoms with Crippen LogP contribution >= 0.6 is 0 Å². The van der Waals surface area contributed by atoms with Gasteiger partial charge in [-0.05, 0) is 74.9 Å². The van der Waals surface area contributed by atoms with Crippen LogP contribution < -0.4 is 0 Å². The second-order valence-electron chi connectivity index (χ2n) is 9.22. The lowest BCUT2D eigenvalue weighted by atomic mass is 9.95. The molecular formula is C27H35N5O. The van der Waals surface area contributed by atoms with Gasteiger partial charge in [0.15, 0.2) is 5.69 Å². The van der Waals surface area contributed by atoms with E-state index in [1.807, 2.05) is 30.2 Å². The lowest BCUT2D eigenvalue weighted by Crippen LogP contribution is -2.40. The number of benzene rings is 1. The monoisotopic (exact) mass is 445 g/mol. The number of nitrogens with zero attached hydrogens (tertiary/aromatic N) is 4. The number of pyridine rings is 1. The standard InChI is InChI=1S/C27H35N5O/c1-4-25-21(3)26(30-29-25)27(33)32(18-23-9-7-13-28-16-23)17-22-11-14-31(15-12-22)19-24-10-6-5-8-20(24)2/h5-10,13,16,22H,4,11-12,14-15,17-19H2,1-3H3,(H,29,30). The van der Waals surface area contributed by atoms with E-state index in [2.05, 4.69) is 58.2 Å². The summed E-state index contributed by atoms with van der Waals surface area (Å²) in [5.41, 5.74) is 6.36. The van der Waals surface area contributed by atoms with Gasteiger partial charge in [0.2, 0.25) is 0 Å². The average Bonchev–Trinajstić information content (AvgIpc) is 3.22. The Bertz CT molecular complexity index is 1050. The van der Waals surface area contributed by atoms with Crippen LogP contribution in [0.1, 0.15) is 58.2 Å². The molecule has 1 aliphatic rings. The zero-order valence-corrected chi connectivity index (χ0v) is 20.1. The van der Waals surface area contributed by atoms with Crippen LogP contribution in [-0.2, 0) is 19.5 Å². The van der Waals surface area contributed by atoms with Gasteiger partial charge < -0.3 is 4.90 Å². The number of likely N-dealkylation sites (tertiary alicyclic amines) is 1. The number of rotatable bonds is 8. The Morgan fingerprint density at radius 3 is 2.61 bits per heavy atom. The fourth-order valence-corrected chi connectivity index (χ4v) is 4.73. The Morgan fingerprint density at radius 2 is 1.94 bits per heavy atom. The first-order valence-corrected chi connectivity index (χ1v) is 12.0. The minimum Gasteiger partial charge on any atom is -0.333 e. The average molecular weight is 446 g/mol. The Morgan fingerprint density at radius 1 is 1.15 bits per heavy atom. The number of amides is 1. The van der Waals surface area contributed by atoms with Crippen molar-refractivity contribution in [3.63, 3.8) is 0 Å². The third kappa shape index (κ3) is 5.69. The van der Waals surface area contributed by atoms with Gasteiger partial charge in [-0.25, -0.2) is 0 Å². The summed E-state index contributed by atoms with van der Waals surface area (Å²) < 4.78 is 0. The van der Waals surface area contributed by atoms with E-state index >= 15 is 0 Å². The van der Waals surface area contributed by atoms with Gasteiger partial charge in [-0.1, -0.05) is 37.3 Å². The molecule has 0 saturated carbocycles. The van der Waals surface area contributed by atoms with Gasteiger partial charge >= 0.3 is 0 Å². The van der Waals surface area contributed by atoms with Crippen LogP contribution in [0.25, 0.3) is 0 Å². The lowest BCUT2D eigenvalue weighted by molar-refractivity contribution is 0.0665. The number of aromatic nitrogens is 3. The zero-order chi connectivity index (χ0) is 23.2. The van der Waals surface area contributed by atoms with E-state index in [1.54, 1.807) is 6.20 Å². The molecule has 33 heavy (non-hydrogen) atoms. The van der Waals surface area contributed by atoms with Crippen LogP contribution in [0.2, 0.25) is 0 Å². The quantitative estimate of drug-likeness (QED) is 0.553. The van der Waals surface area contributed by atoms with Crippen LogP contribution in [0.3, 0.4) is 0 Å². The van der Waals surface area contributed by atoms with E-state index in [0.29, 0.717) is 18.2 Å². The minimum absolute atomic E-state index is 0.00893. The maximum atomic E-state index is 13.5. The summed E-state index contributed by atoms with van der Waals surface area (Å²) in [7, 11) is 0. The molecule has 2 aromatic heterocycles. The smallest absolute Gasteiger partial charge is 0.274 e. The van der Waals surface area contributed by atoms with Gasteiger partial charge in [-0.15, -0.1) is 0 Å². The predicted molar refractivity (Wildman–Crippen MR) is 131 cm³/mol. The largest absolute Gasteiger partial charge is 0.333 e. The molecule has 1 amide bonds. The van der Waals surface area contributed by atoms with Crippen molar-refractivity contribution in [1.29, 1.82) is 0 Å². The van der Waals surface area contributed by atoms with Crippen molar-refractivity contribution in [3.05, 3.63) is 82.4 Å². The maximum Gasteiger partial charge on any atom is 0.274 e. The zero-order valence-electron chi connectivity index (χ0n) is 20.1. The summed E-state index contributed by atoms with van der Waals surface area (Å²) in [4.78, 5) is 22.3. The molecule has 1 aliphatic heterocycles. The third-order valence-corrected chi connectivity index (χ3v) is 6.89. The van der Waals surface area contributed by atoms with Gasteiger partial charge in [0.1, 0.15) is 0 Å². The van der Waals surface area contributed by atoms with Crippen molar-refractivity contribution in [1.82, 2.24) is 25.0 Å². The molecule has 6 nitrogen and oxygen atoms in total. The molecule has 4 rings (SSSR count). The number of carbonyl (C=O) groups is 1. The van der Waals surface area contributed by atoms with E-state index in [-0.39, 0.29) is 5.91 Å². The summed E-state index contributed by atoms with van der Waals surface area (Å²) >= 11 is 0. The minimum atomic E-state index is 0.00893. The Hall–Kier alpha value is -2.99. The summed E-state index contributed by atoms with van der Waals surface area (Å²) in [6.07, 6.45) is 6.66. The van der Waals surface area contributed by atoms with Crippen molar-refractivity contribution in [2.75, 3.05) is 19.6 Å². The molecule has 6 heteroatoms. The molecule has 1 N–H and O–H groups in total. The Balaban J connectivity index is 1.42. The van der Waals surface area contributed by atoms with Crippen LogP contribution in [0, 0.1) is 19.8 Å². The van der Waals surface area contributed by atoms with Crippen molar-refractivity contribution in [2.24, 2.45) is 5.92 Å². The first-order valence-electron chi connectivity index (χ1n) is 12.0. The van der Waals surface area contributed by atoms with Crippen LogP contribution in [-0.4, -0.2) is 50.5 Å². The molecule has 1 saturated heterocycles. The Labute approximate surface area is 197 Å². The molecule has 1 fully saturated rings. The topological polar surface area (TPSA) is 65.1 Å². The summed E-state index contributed by atoms with van der Waals surface area (Å²) in [6.45, 7) is 10.7. The van der Waals surface area contributed by atoms with Gasteiger partial charge in [-0.2, -0.15) is 5.10 Å². The second kappa shape index (κ2) is 10.8. The molecule has 3 aromatic rings. The molecule has 174 valence electrons. The van der Waals surface area contributed by atoms with Crippen LogP contribution in [0.15, 0.2) is 48.8 Å². The van der Waals surface area contributed by atoms with Gasteiger partial charge in [0.05, 0.1) is 0 Å². The van der Waals surface area contributed by atoms with Gasteiger partial charge in [-0.3, -0.25) is 19.8 Å². The van der Waals surface area contributed by atoms with Crippen molar-refractivity contribution in [3.8, 4) is 0 Å². The first kappa shape index (κ1) is 23.2. The number of hydrogen-bond donors (Lipinski definition) is 1. The highest BCUT2D eigenvalue weighted by molar-refractivity contribution is 5.93. The normalized spacial score (nSPS) is 15.0. The number of piperidine rings is 1.